The van der Waals surface area contributed by atoms with Crippen LogP contribution in [-0.2, 0) is 0 Å². The second kappa shape index (κ2) is 5.05. The van der Waals surface area contributed by atoms with E-state index in [0.29, 0.717) is 23.4 Å². The second-order valence-corrected chi connectivity index (χ2v) is 6.20. The van der Waals surface area contributed by atoms with Gasteiger partial charge in [0.2, 0.25) is 17.8 Å². The summed E-state index contributed by atoms with van der Waals surface area (Å²) in [5.74, 6) is 1.55. The van der Waals surface area contributed by atoms with E-state index in [4.69, 9.17) is 5.73 Å². The Bertz CT molecular complexity index is 486. The molecule has 0 amide bonds. The van der Waals surface area contributed by atoms with Gasteiger partial charge < -0.3 is 21.3 Å². The van der Waals surface area contributed by atoms with Gasteiger partial charge in [0.25, 0.3) is 0 Å². The molecule has 1 aromatic rings. The van der Waals surface area contributed by atoms with Crippen LogP contribution in [0.15, 0.2) is 0 Å². The lowest BCUT2D eigenvalue weighted by Gasteiger charge is -2.17. The molecule has 20 heavy (non-hydrogen) atoms. The van der Waals surface area contributed by atoms with E-state index in [1.807, 2.05) is 7.05 Å². The fourth-order valence-electron chi connectivity index (χ4n) is 2.46. The first-order chi connectivity index (χ1) is 9.58. The summed E-state index contributed by atoms with van der Waals surface area (Å²) < 4.78 is 0. The van der Waals surface area contributed by atoms with Crippen molar-refractivity contribution in [1.29, 1.82) is 0 Å². The van der Waals surface area contributed by atoms with Gasteiger partial charge in [0.05, 0.1) is 0 Å². The van der Waals surface area contributed by atoms with Crippen molar-refractivity contribution in [3.63, 3.8) is 0 Å². The molecule has 0 unspecified atom stereocenters. The highest BCUT2D eigenvalue weighted by Crippen LogP contribution is 2.44. The van der Waals surface area contributed by atoms with Crippen LogP contribution in [0.2, 0.25) is 0 Å². The highest BCUT2D eigenvalue weighted by atomic mass is 15.3. The highest BCUT2D eigenvalue weighted by Gasteiger charge is 2.37. The van der Waals surface area contributed by atoms with Gasteiger partial charge in [-0.05, 0) is 31.7 Å². The van der Waals surface area contributed by atoms with Crippen molar-refractivity contribution in [2.24, 2.45) is 5.41 Å². The lowest BCUT2D eigenvalue weighted by atomic mass is 10.1. The minimum atomic E-state index is 0.284. The highest BCUT2D eigenvalue weighted by molar-refractivity contribution is 5.43. The van der Waals surface area contributed by atoms with Crippen molar-refractivity contribution >= 4 is 17.8 Å². The van der Waals surface area contributed by atoms with E-state index in [2.05, 4.69) is 37.4 Å². The molecule has 7 nitrogen and oxygen atoms in total. The standard InChI is InChI=1S/C13H23N7/c1-13(4-5-13)8-16-11-17-10(14)18-12(19-11)20-6-3-9(7-20)15-2/h9,15H,3-8H2,1-2H3,(H3,14,16,17,18,19)/t9-/m1/s1. The summed E-state index contributed by atoms with van der Waals surface area (Å²) in [5.41, 5.74) is 6.21. The minimum Gasteiger partial charge on any atom is -0.368 e. The first-order valence-corrected chi connectivity index (χ1v) is 7.26. The molecule has 0 bridgehead atoms. The quantitative estimate of drug-likeness (QED) is 0.720. The lowest BCUT2D eigenvalue weighted by Crippen LogP contribution is -2.30. The van der Waals surface area contributed by atoms with Crippen LogP contribution in [0.25, 0.3) is 0 Å². The third-order valence-corrected chi connectivity index (χ3v) is 4.30. The van der Waals surface area contributed by atoms with Gasteiger partial charge in [-0.25, -0.2) is 0 Å². The molecule has 1 atom stereocenters. The van der Waals surface area contributed by atoms with Crippen LogP contribution in [-0.4, -0.2) is 47.7 Å². The Labute approximate surface area is 119 Å². The molecule has 1 saturated heterocycles. The van der Waals surface area contributed by atoms with Crippen molar-refractivity contribution in [3.8, 4) is 0 Å². The summed E-state index contributed by atoms with van der Waals surface area (Å²) in [6.07, 6.45) is 3.63. The summed E-state index contributed by atoms with van der Waals surface area (Å²) in [7, 11) is 1.99. The van der Waals surface area contributed by atoms with Gasteiger partial charge in [-0.3, -0.25) is 0 Å². The number of nitrogens with one attached hydrogen (secondary N) is 2. The maximum atomic E-state index is 5.80. The topological polar surface area (TPSA) is 92.0 Å². The van der Waals surface area contributed by atoms with E-state index in [-0.39, 0.29) is 5.95 Å². The molecule has 1 saturated carbocycles. The van der Waals surface area contributed by atoms with E-state index < -0.39 is 0 Å². The Morgan fingerprint density at radius 3 is 2.80 bits per heavy atom. The van der Waals surface area contributed by atoms with Gasteiger partial charge in [0.15, 0.2) is 0 Å². The third-order valence-electron chi connectivity index (χ3n) is 4.30. The number of rotatable bonds is 5. The van der Waals surface area contributed by atoms with Crippen molar-refractivity contribution in [2.75, 3.05) is 42.6 Å². The zero-order chi connectivity index (χ0) is 14.2. The van der Waals surface area contributed by atoms with E-state index in [9.17, 15) is 0 Å². The maximum Gasteiger partial charge on any atom is 0.232 e. The van der Waals surface area contributed by atoms with Crippen LogP contribution in [0.5, 0.6) is 0 Å². The molecule has 110 valence electrons. The van der Waals surface area contributed by atoms with Crippen molar-refractivity contribution in [3.05, 3.63) is 0 Å². The average Bonchev–Trinajstić information content (AvgIpc) is 2.99. The van der Waals surface area contributed by atoms with E-state index in [1.54, 1.807) is 0 Å². The predicted molar refractivity (Wildman–Crippen MR) is 79.7 cm³/mol. The molecule has 2 aliphatic rings. The van der Waals surface area contributed by atoms with Crippen molar-refractivity contribution < 1.29 is 0 Å². The number of hydrogen-bond acceptors (Lipinski definition) is 7. The Morgan fingerprint density at radius 1 is 1.35 bits per heavy atom. The van der Waals surface area contributed by atoms with Gasteiger partial charge in [0.1, 0.15) is 0 Å². The summed E-state index contributed by atoms with van der Waals surface area (Å²) in [5, 5.41) is 6.58. The fraction of sp³-hybridized carbons (Fsp3) is 0.769. The normalized spacial score (nSPS) is 23.9. The summed E-state index contributed by atoms with van der Waals surface area (Å²) in [6.45, 7) is 5.03. The Hall–Kier alpha value is -1.63. The van der Waals surface area contributed by atoms with Gasteiger partial charge >= 0.3 is 0 Å². The minimum absolute atomic E-state index is 0.284. The molecule has 2 heterocycles. The number of nitrogen functional groups attached to an aromatic ring is 1. The number of nitrogens with zero attached hydrogens (tertiary/aromatic N) is 4. The Balaban J connectivity index is 1.69. The molecule has 0 aromatic carbocycles. The number of anilines is 3. The first-order valence-electron chi connectivity index (χ1n) is 7.26. The molecule has 3 rings (SSSR count). The molecule has 1 aliphatic heterocycles. The lowest BCUT2D eigenvalue weighted by molar-refractivity contribution is 0.607. The number of aromatic nitrogens is 3. The summed E-state index contributed by atoms with van der Waals surface area (Å²) in [4.78, 5) is 15.1. The smallest absolute Gasteiger partial charge is 0.232 e. The van der Waals surface area contributed by atoms with Crippen LogP contribution in [0.1, 0.15) is 26.2 Å². The zero-order valence-corrected chi connectivity index (χ0v) is 12.2. The fourth-order valence-corrected chi connectivity index (χ4v) is 2.46. The number of nitrogens with two attached hydrogens (primary N) is 1. The SMILES string of the molecule is CN[C@@H]1CCN(c2nc(N)nc(NCC3(C)CC3)n2)C1. The third kappa shape index (κ3) is 2.92. The molecule has 1 aromatic heterocycles. The van der Waals surface area contributed by atoms with Crippen LogP contribution in [0, 0.1) is 5.41 Å². The molecule has 2 fully saturated rings. The Morgan fingerprint density at radius 2 is 2.15 bits per heavy atom. The second-order valence-electron chi connectivity index (χ2n) is 6.20. The largest absolute Gasteiger partial charge is 0.368 e. The summed E-state index contributed by atoms with van der Waals surface area (Å²) >= 11 is 0. The first kappa shape index (κ1) is 13.4. The van der Waals surface area contributed by atoms with Crippen LogP contribution in [0.3, 0.4) is 0 Å². The average molecular weight is 277 g/mol. The Kier molecular flexibility index (Phi) is 3.37. The van der Waals surface area contributed by atoms with Crippen molar-refractivity contribution in [1.82, 2.24) is 20.3 Å². The predicted octanol–water partition coefficient (Wildman–Crippen LogP) is 0.464. The number of likely N-dealkylation sites (N-methyl/N-ethyl adjacent to an activating group) is 1. The van der Waals surface area contributed by atoms with Gasteiger partial charge in [-0.1, -0.05) is 6.92 Å². The van der Waals surface area contributed by atoms with Crippen LogP contribution >= 0.6 is 0 Å². The monoisotopic (exact) mass is 277 g/mol. The van der Waals surface area contributed by atoms with E-state index >= 15 is 0 Å². The molecular formula is C13H23N7. The van der Waals surface area contributed by atoms with Crippen LogP contribution in [0.4, 0.5) is 17.8 Å². The molecule has 7 heteroatoms. The maximum absolute atomic E-state index is 5.80. The molecular weight excluding hydrogens is 254 g/mol. The zero-order valence-electron chi connectivity index (χ0n) is 12.2. The van der Waals surface area contributed by atoms with Gasteiger partial charge in [-0.15, -0.1) is 0 Å². The molecule has 1 aliphatic carbocycles. The molecule has 0 radical (unpaired) electrons. The van der Waals surface area contributed by atoms with E-state index in [0.717, 1.165) is 26.1 Å². The van der Waals surface area contributed by atoms with E-state index in [1.165, 1.54) is 12.8 Å². The number of hydrogen-bond donors (Lipinski definition) is 3. The van der Waals surface area contributed by atoms with Crippen LogP contribution < -0.4 is 21.3 Å². The van der Waals surface area contributed by atoms with Crippen molar-refractivity contribution in [2.45, 2.75) is 32.2 Å². The summed E-state index contributed by atoms with van der Waals surface area (Å²) in [6, 6.07) is 0.495. The molecule has 4 N–H and O–H groups in total. The molecule has 0 spiro atoms. The van der Waals surface area contributed by atoms with Gasteiger partial charge in [-0.2, -0.15) is 15.0 Å². The van der Waals surface area contributed by atoms with Gasteiger partial charge in [0, 0.05) is 25.7 Å².